The smallest absolute Gasteiger partial charge is 0.395 e. The molecule has 0 aliphatic heterocycles. The number of nitrogens with zero attached hydrogens (tertiary/aromatic N) is 1. The van der Waals surface area contributed by atoms with E-state index in [2.05, 4.69) is 6.58 Å². The minimum absolute atomic E-state index is 0.0165. The first kappa shape index (κ1) is 13.8. The second-order valence-electron chi connectivity index (χ2n) is 2.61. The number of aliphatic hydroxyl groups is 1. The van der Waals surface area contributed by atoms with Gasteiger partial charge in [-0.3, -0.25) is 4.90 Å². The zero-order valence-corrected chi connectivity index (χ0v) is 8.57. The molecule has 1 N–H and O–H groups in total. The monoisotopic (exact) mass is 229 g/mol. The van der Waals surface area contributed by atoms with E-state index in [0.29, 0.717) is 19.6 Å². The van der Waals surface area contributed by atoms with Gasteiger partial charge in [-0.2, -0.15) is 13.2 Å². The summed E-state index contributed by atoms with van der Waals surface area (Å²) >= 11 is -0.0440. The number of halogens is 3. The Bertz CT molecular complexity index is 163. The van der Waals surface area contributed by atoms with Crippen molar-refractivity contribution in [2.24, 2.45) is 0 Å². The van der Waals surface area contributed by atoms with Gasteiger partial charge in [-0.25, -0.2) is 0 Å². The molecule has 0 fully saturated rings. The number of thioether (sulfide) groups is 1. The summed E-state index contributed by atoms with van der Waals surface area (Å²) in [6.07, 6.45) is 1.61. The van der Waals surface area contributed by atoms with E-state index in [1.807, 2.05) is 0 Å². The van der Waals surface area contributed by atoms with Gasteiger partial charge in [0, 0.05) is 25.4 Å². The lowest BCUT2D eigenvalue weighted by Crippen LogP contribution is -2.29. The second kappa shape index (κ2) is 7.14. The van der Waals surface area contributed by atoms with Crippen molar-refractivity contribution in [3.8, 4) is 0 Å². The van der Waals surface area contributed by atoms with E-state index in [9.17, 15) is 13.2 Å². The molecule has 0 spiro atoms. The molecule has 6 heteroatoms. The molecule has 14 heavy (non-hydrogen) atoms. The number of aliphatic hydroxyl groups excluding tert-OH is 1. The zero-order chi connectivity index (χ0) is 11.0. The summed E-state index contributed by atoms with van der Waals surface area (Å²) in [6.45, 7) is 4.62. The molecular formula is C8H14F3NOS. The first-order valence-corrected chi connectivity index (χ1v) is 5.13. The third-order valence-electron chi connectivity index (χ3n) is 1.48. The maximum atomic E-state index is 11.8. The van der Waals surface area contributed by atoms with Gasteiger partial charge in [-0.05, 0) is 11.8 Å². The van der Waals surface area contributed by atoms with Crippen LogP contribution < -0.4 is 0 Å². The van der Waals surface area contributed by atoms with E-state index in [4.69, 9.17) is 5.11 Å². The summed E-state index contributed by atoms with van der Waals surface area (Å²) in [5.74, 6) is -0.0165. The highest BCUT2D eigenvalue weighted by atomic mass is 32.2. The van der Waals surface area contributed by atoms with E-state index in [1.54, 1.807) is 11.0 Å². The molecule has 0 aromatic rings. The van der Waals surface area contributed by atoms with Crippen LogP contribution in [0.2, 0.25) is 0 Å². The third-order valence-corrected chi connectivity index (χ3v) is 2.19. The fourth-order valence-electron chi connectivity index (χ4n) is 0.909. The average Bonchev–Trinajstić information content (AvgIpc) is 2.02. The van der Waals surface area contributed by atoms with Crippen LogP contribution in [0.5, 0.6) is 0 Å². The molecule has 0 rings (SSSR count). The number of hydrogen-bond acceptors (Lipinski definition) is 3. The topological polar surface area (TPSA) is 23.5 Å². The lowest BCUT2D eigenvalue weighted by Gasteiger charge is -2.19. The Hall–Kier alpha value is -0.200. The van der Waals surface area contributed by atoms with Crippen LogP contribution in [-0.2, 0) is 0 Å². The van der Waals surface area contributed by atoms with Crippen molar-refractivity contribution in [3.63, 3.8) is 0 Å². The number of hydrogen-bond donors (Lipinski definition) is 1. The van der Waals surface area contributed by atoms with Crippen LogP contribution in [0.3, 0.4) is 0 Å². The summed E-state index contributed by atoms with van der Waals surface area (Å²) in [5, 5.41) is 8.62. The molecule has 0 amide bonds. The van der Waals surface area contributed by atoms with E-state index in [-0.39, 0.29) is 24.1 Å². The largest absolute Gasteiger partial charge is 0.441 e. The van der Waals surface area contributed by atoms with Crippen LogP contribution in [0, 0.1) is 0 Å². The van der Waals surface area contributed by atoms with Crippen LogP contribution in [0.15, 0.2) is 12.7 Å². The van der Waals surface area contributed by atoms with Crippen LogP contribution in [0.1, 0.15) is 0 Å². The molecule has 0 saturated carbocycles. The molecule has 0 aromatic carbocycles. The van der Waals surface area contributed by atoms with Gasteiger partial charge in [0.25, 0.3) is 0 Å². The quantitative estimate of drug-likeness (QED) is 0.672. The predicted molar refractivity (Wildman–Crippen MR) is 52.2 cm³/mol. The van der Waals surface area contributed by atoms with Crippen molar-refractivity contribution < 1.29 is 18.3 Å². The standard InChI is InChI=1S/C8H14F3NOS/c1-2-3-12(4-6-13)5-7-14-8(9,10)11/h2,13H,1,3-7H2. The highest BCUT2D eigenvalue weighted by molar-refractivity contribution is 8.00. The maximum absolute atomic E-state index is 11.8. The maximum Gasteiger partial charge on any atom is 0.441 e. The third kappa shape index (κ3) is 8.40. The Kier molecular flexibility index (Phi) is 7.04. The summed E-state index contributed by atoms with van der Waals surface area (Å²) in [5.41, 5.74) is -4.17. The summed E-state index contributed by atoms with van der Waals surface area (Å²) in [6, 6.07) is 0. The lowest BCUT2D eigenvalue weighted by molar-refractivity contribution is -0.0328. The van der Waals surface area contributed by atoms with Crippen molar-refractivity contribution >= 4 is 11.8 Å². The van der Waals surface area contributed by atoms with E-state index in [0.717, 1.165) is 0 Å². The highest BCUT2D eigenvalue weighted by Gasteiger charge is 2.27. The van der Waals surface area contributed by atoms with E-state index < -0.39 is 5.51 Å². The van der Waals surface area contributed by atoms with Crippen molar-refractivity contribution in [3.05, 3.63) is 12.7 Å². The SMILES string of the molecule is C=CCN(CCO)CCSC(F)(F)F. The van der Waals surface area contributed by atoms with Crippen molar-refractivity contribution in [2.75, 3.05) is 32.0 Å². The summed E-state index contributed by atoms with van der Waals surface area (Å²) in [4.78, 5) is 1.71. The number of rotatable bonds is 7. The first-order chi connectivity index (χ1) is 6.49. The average molecular weight is 229 g/mol. The molecule has 0 aliphatic carbocycles. The fraction of sp³-hybridized carbons (Fsp3) is 0.750. The highest BCUT2D eigenvalue weighted by Crippen LogP contribution is 2.29. The summed E-state index contributed by atoms with van der Waals surface area (Å²) < 4.78 is 35.3. The molecule has 0 heterocycles. The normalized spacial score (nSPS) is 12.1. The zero-order valence-electron chi connectivity index (χ0n) is 7.76. The molecule has 0 radical (unpaired) electrons. The van der Waals surface area contributed by atoms with E-state index >= 15 is 0 Å². The van der Waals surface area contributed by atoms with Crippen molar-refractivity contribution in [1.29, 1.82) is 0 Å². The molecule has 0 aromatic heterocycles. The molecule has 0 aliphatic rings. The van der Waals surface area contributed by atoms with Gasteiger partial charge in [-0.1, -0.05) is 6.08 Å². The van der Waals surface area contributed by atoms with Gasteiger partial charge in [0.2, 0.25) is 0 Å². The minimum atomic E-state index is -4.17. The van der Waals surface area contributed by atoms with Crippen molar-refractivity contribution in [1.82, 2.24) is 4.90 Å². The first-order valence-electron chi connectivity index (χ1n) is 4.14. The Balaban J connectivity index is 3.65. The van der Waals surface area contributed by atoms with Gasteiger partial charge in [0.1, 0.15) is 0 Å². The Morgan fingerprint density at radius 3 is 2.43 bits per heavy atom. The van der Waals surface area contributed by atoms with Gasteiger partial charge in [-0.15, -0.1) is 6.58 Å². The Labute approximate surface area is 85.8 Å². The Morgan fingerprint density at radius 1 is 1.36 bits per heavy atom. The van der Waals surface area contributed by atoms with Crippen LogP contribution in [0.4, 0.5) is 13.2 Å². The molecule has 0 atom stereocenters. The van der Waals surface area contributed by atoms with Crippen LogP contribution in [-0.4, -0.2) is 47.5 Å². The molecule has 0 saturated heterocycles. The van der Waals surface area contributed by atoms with E-state index in [1.165, 1.54) is 0 Å². The summed E-state index contributed by atoms with van der Waals surface area (Å²) in [7, 11) is 0. The molecular weight excluding hydrogens is 215 g/mol. The second-order valence-corrected chi connectivity index (χ2v) is 3.77. The van der Waals surface area contributed by atoms with Crippen LogP contribution >= 0.6 is 11.8 Å². The fourth-order valence-corrected chi connectivity index (χ4v) is 1.49. The van der Waals surface area contributed by atoms with Gasteiger partial charge in [0.05, 0.1) is 6.61 Å². The van der Waals surface area contributed by atoms with Crippen LogP contribution in [0.25, 0.3) is 0 Å². The van der Waals surface area contributed by atoms with Gasteiger partial charge in [0.15, 0.2) is 0 Å². The molecule has 84 valence electrons. The van der Waals surface area contributed by atoms with Gasteiger partial charge < -0.3 is 5.11 Å². The predicted octanol–water partition coefficient (Wildman–Crippen LogP) is 1.72. The minimum Gasteiger partial charge on any atom is -0.395 e. The molecule has 0 bridgehead atoms. The van der Waals surface area contributed by atoms with Gasteiger partial charge >= 0.3 is 5.51 Å². The van der Waals surface area contributed by atoms with Crippen molar-refractivity contribution in [2.45, 2.75) is 5.51 Å². The Morgan fingerprint density at radius 2 is 2.00 bits per heavy atom. The number of alkyl halides is 3. The molecule has 0 unspecified atom stereocenters. The molecule has 2 nitrogen and oxygen atoms in total. The lowest BCUT2D eigenvalue weighted by atomic mass is 10.4.